The average molecular weight is 227 g/mol. The maximum atomic E-state index is 4.35. The molecule has 1 N–H and O–H groups in total. The lowest BCUT2D eigenvalue weighted by Gasteiger charge is -2.08. The van der Waals surface area contributed by atoms with E-state index in [1.54, 1.807) is 0 Å². The monoisotopic (exact) mass is 227 g/mol. The van der Waals surface area contributed by atoms with E-state index in [-0.39, 0.29) is 0 Å². The molecule has 1 fully saturated rings. The number of nitrogens with zero attached hydrogens (tertiary/aromatic N) is 2. The highest BCUT2D eigenvalue weighted by Crippen LogP contribution is 2.52. The number of nitrogens with one attached hydrogen (secondary N) is 1. The van der Waals surface area contributed by atoms with Crippen LogP contribution in [0.4, 0.5) is 5.95 Å². The van der Waals surface area contributed by atoms with Gasteiger partial charge in [0.25, 0.3) is 0 Å². The zero-order valence-electron chi connectivity index (χ0n) is 10.0. The number of imidazole rings is 1. The molecule has 0 bridgehead atoms. The summed E-state index contributed by atoms with van der Waals surface area (Å²) in [5.41, 5.74) is 1.44. The van der Waals surface area contributed by atoms with Crippen LogP contribution in [-0.2, 0) is 0 Å². The largest absolute Gasteiger partial charge is 0.356 e. The third-order valence-corrected chi connectivity index (χ3v) is 3.35. The van der Waals surface area contributed by atoms with Gasteiger partial charge in [0.2, 0.25) is 5.95 Å². The van der Waals surface area contributed by atoms with Gasteiger partial charge in [-0.25, -0.2) is 4.98 Å². The number of benzene rings is 1. The minimum atomic E-state index is 0.578. The maximum absolute atomic E-state index is 4.35. The smallest absolute Gasteiger partial charge is 0.203 e. The second-order valence-corrected chi connectivity index (χ2v) is 4.51. The van der Waals surface area contributed by atoms with Crippen molar-refractivity contribution in [2.24, 2.45) is 0 Å². The van der Waals surface area contributed by atoms with E-state index in [4.69, 9.17) is 0 Å². The van der Waals surface area contributed by atoms with Crippen molar-refractivity contribution in [2.75, 3.05) is 11.9 Å². The minimum Gasteiger partial charge on any atom is -0.356 e. The van der Waals surface area contributed by atoms with Crippen LogP contribution in [0.3, 0.4) is 0 Å². The van der Waals surface area contributed by atoms with Crippen molar-refractivity contribution in [3.8, 4) is 0 Å². The number of anilines is 1. The van der Waals surface area contributed by atoms with Crippen LogP contribution in [0.1, 0.15) is 30.9 Å². The summed E-state index contributed by atoms with van der Waals surface area (Å²) in [7, 11) is 0. The Balaban J connectivity index is 1.78. The highest BCUT2D eigenvalue weighted by atomic mass is 15.2. The number of aromatic nitrogens is 2. The van der Waals surface area contributed by atoms with E-state index in [0.29, 0.717) is 12.0 Å². The van der Waals surface area contributed by atoms with Gasteiger partial charge in [-0.1, -0.05) is 30.3 Å². The molecule has 1 aliphatic rings. The molecule has 0 aliphatic heterocycles. The first-order valence-corrected chi connectivity index (χ1v) is 6.21. The zero-order chi connectivity index (χ0) is 11.7. The summed E-state index contributed by atoms with van der Waals surface area (Å²) >= 11 is 0. The molecule has 1 heterocycles. The predicted molar refractivity (Wildman–Crippen MR) is 69.2 cm³/mol. The molecule has 3 rings (SSSR count). The molecule has 88 valence electrons. The van der Waals surface area contributed by atoms with Gasteiger partial charge in [0.05, 0.1) is 0 Å². The third-order valence-electron chi connectivity index (χ3n) is 3.35. The summed E-state index contributed by atoms with van der Waals surface area (Å²) in [5, 5.41) is 3.30. The van der Waals surface area contributed by atoms with Crippen LogP contribution in [0, 0.1) is 0 Å². The molecule has 1 aliphatic carbocycles. The SMILES string of the molecule is CCNc1nccn1C1CC1c1ccccc1. The summed E-state index contributed by atoms with van der Waals surface area (Å²) in [4.78, 5) is 4.35. The zero-order valence-corrected chi connectivity index (χ0v) is 10.0. The van der Waals surface area contributed by atoms with Crippen LogP contribution in [0.5, 0.6) is 0 Å². The van der Waals surface area contributed by atoms with Crippen molar-refractivity contribution in [2.45, 2.75) is 25.3 Å². The molecule has 17 heavy (non-hydrogen) atoms. The second kappa shape index (κ2) is 4.24. The fourth-order valence-corrected chi connectivity index (χ4v) is 2.42. The van der Waals surface area contributed by atoms with Gasteiger partial charge in [-0.3, -0.25) is 0 Å². The van der Waals surface area contributed by atoms with E-state index in [2.05, 4.69) is 58.3 Å². The summed E-state index contributed by atoms with van der Waals surface area (Å²) in [5.74, 6) is 1.65. The molecule has 0 spiro atoms. The summed E-state index contributed by atoms with van der Waals surface area (Å²) in [6.45, 7) is 3.01. The van der Waals surface area contributed by atoms with Crippen LogP contribution in [0.15, 0.2) is 42.7 Å². The van der Waals surface area contributed by atoms with Crippen LogP contribution in [0.2, 0.25) is 0 Å². The Hall–Kier alpha value is -1.77. The average Bonchev–Trinajstić information content (AvgIpc) is 3.04. The molecule has 3 heteroatoms. The van der Waals surface area contributed by atoms with Gasteiger partial charge in [-0.15, -0.1) is 0 Å². The molecule has 1 saturated carbocycles. The van der Waals surface area contributed by atoms with Crippen molar-refractivity contribution in [3.63, 3.8) is 0 Å². The fourth-order valence-electron chi connectivity index (χ4n) is 2.42. The first-order valence-electron chi connectivity index (χ1n) is 6.21. The first-order chi connectivity index (χ1) is 8.40. The van der Waals surface area contributed by atoms with Gasteiger partial charge in [0.1, 0.15) is 0 Å². The molecule has 2 aromatic rings. The Morgan fingerprint density at radius 1 is 1.35 bits per heavy atom. The standard InChI is InChI=1S/C14H17N3/c1-2-15-14-16-8-9-17(14)13-10-12(13)11-6-4-3-5-7-11/h3-9,12-13H,2,10H2,1H3,(H,15,16). The maximum Gasteiger partial charge on any atom is 0.203 e. The Bertz CT molecular complexity index is 489. The number of hydrogen-bond donors (Lipinski definition) is 1. The summed E-state index contributed by atoms with van der Waals surface area (Å²) in [6, 6.07) is 11.3. The lowest BCUT2D eigenvalue weighted by molar-refractivity contribution is 0.721. The van der Waals surface area contributed by atoms with Crippen LogP contribution >= 0.6 is 0 Å². The predicted octanol–water partition coefficient (Wildman–Crippen LogP) is 3.04. The van der Waals surface area contributed by atoms with Crippen molar-refractivity contribution in [1.82, 2.24) is 9.55 Å². The van der Waals surface area contributed by atoms with Gasteiger partial charge in [-0.05, 0) is 18.9 Å². The highest BCUT2D eigenvalue weighted by Gasteiger charge is 2.40. The van der Waals surface area contributed by atoms with Crippen LogP contribution < -0.4 is 5.32 Å². The molecule has 0 amide bonds. The fraction of sp³-hybridized carbons (Fsp3) is 0.357. The first kappa shape index (κ1) is 10.4. The second-order valence-electron chi connectivity index (χ2n) is 4.51. The van der Waals surface area contributed by atoms with Gasteiger partial charge in [-0.2, -0.15) is 0 Å². The lowest BCUT2D eigenvalue weighted by atomic mass is 10.1. The van der Waals surface area contributed by atoms with Crippen LogP contribution in [0.25, 0.3) is 0 Å². The molecule has 1 aromatic heterocycles. The normalized spacial score (nSPS) is 22.4. The van der Waals surface area contributed by atoms with Crippen molar-refractivity contribution in [3.05, 3.63) is 48.3 Å². The number of rotatable bonds is 4. The number of hydrogen-bond acceptors (Lipinski definition) is 2. The highest BCUT2D eigenvalue weighted by molar-refractivity contribution is 5.33. The van der Waals surface area contributed by atoms with Gasteiger partial charge < -0.3 is 9.88 Å². The van der Waals surface area contributed by atoms with Gasteiger partial charge in [0, 0.05) is 30.9 Å². The van der Waals surface area contributed by atoms with Crippen LogP contribution in [-0.4, -0.2) is 16.1 Å². The Kier molecular flexibility index (Phi) is 2.59. The topological polar surface area (TPSA) is 29.9 Å². The Morgan fingerprint density at radius 3 is 2.94 bits per heavy atom. The van der Waals surface area contributed by atoms with Crippen molar-refractivity contribution < 1.29 is 0 Å². The van der Waals surface area contributed by atoms with E-state index >= 15 is 0 Å². The van der Waals surface area contributed by atoms with Gasteiger partial charge >= 0.3 is 0 Å². The molecular weight excluding hydrogens is 210 g/mol. The summed E-state index contributed by atoms with van der Waals surface area (Å²) < 4.78 is 2.27. The molecule has 0 radical (unpaired) electrons. The Labute approximate surface area is 101 Å². The quantitative estimate of drug-likeness (QED) is 0.870. The van der Waals surface area contributed by atoms with E-state index in [0.717, 1.165) is 12.5 Å². The molecular formula is C14H17N3. The Morgan fingerprint density at radius 2 is 2.18 bits per heavy atom. The molecule has 0 saturated heterocycles. The molecule has 2 unspecified atom stereocenters. The van der Waals surface area contributed by atoms with E-state index in [9.17, 15) is 0 Å². The van der Waals surface area contributed by atoms with Crippen molar-refractivity contribution in [1.29, 1.82) is 0 Å². The molecule has 2 atom stereocenters. The van der Waals surface area contributed by atoms with Gasteiger partial charge in [0.15, 0.2) is 0 Å². The minimum absolute atomic E-state index is 0.578. The molecule has 3 nitrogen and oxygen atoms in total. The van der Waals surface area contributed by atoms with E-state index in [1.165, 1.54) is 12.0 Å². The summed E-state index contributed by atoms with van der Waals surface area (Å²) in [6.07, 6.45) is 5.17. The molecule has 1 aromatic carbocycles. The lowest BCUT2D eigenvalue weighted by Crippen LogP contribution is -2.05. The van der Waals surface area contributed by atoms with Crippen molar-refractivity contribution >= 4 is 5.95 Å². The van der Waals surface area contributed by atoms with E-state index in [1.807, 2.05) is 6.20 Å². The van der Waals surface area contributed by atoms with E-state index < -0.39 is 0 Å². The third kappa shape index (κ3) is 1.93.